The lowest BCUT2D eigenvalue weighted by molar-refractivity contribution is 0.197. The van der Waals surface area contributed by atoms with Gasteiger partial charge in [0.1, 0.15) is 0 Å². The summed E-state index contributed by atoms with van der Waals surface area (Å²) in [7, 11) is 0. The van der Waals surface area contributed by atoms with E-state index in [1.165, 1.54) is 13.0 Å². The van der Waals surface area contributed by atoms with Crippen LogP contribution in [0.5, 0.6) is 0 Å². The molecule has 0 aliphatic carbocycles. The largest absolute Gasteiger partial charge is 0.396 e. The molecule has 0 spiro atoms. The minimum absolute atomic E-state index is 0.0689. The number of hydrogen-bond acceptors (Lipinski definition) is 4. The number of likely N-dealkylation sites (tertiary alicyclic amines) is 1. The number of hydrogen-bond donors (Lipinski definition) is 3. The minimum atomic E-state index is 0.0689. The quantitative estimate of drug-likeness (QED) is 0.654. The highest BCUT2D eigenvalue weighted by Gasteiger charge is 2.33. The van der Waals surface area contributed by atoms with Crippen molar-refractivity contribution in [1.82, 2.24) is 10.2 Å². The van der Waals surface area contributed by atoms with E-state index in [-0.39, 0.29) is 12.1 Å². The Labute approximate surface area is 118 Å². The number of nitrogens with one attached hydrogen (secondary N) is 1. The van der Waals surface area contributed by atoms with Crippen molar-refractivity contribution < 1.29 is 5.11 Å². The van der Waals surface area contributed by atoms with Gasteiger partial charge in [-0.15, -0.1) is 0 Å². The molecule has 1 aliphatic rings. The molecule has 4 N–H and O–H groups in total. The van der Waals surface area contributed by atoms with Crippen LogP contribution in [-0.4, -0.2) is 53.9 Å². The van der Waals surface area contributed by atoms with Crippen LogP contribution in [0.1, 0.15) is 52.9 Å². The molecule has 0 aromatic heterocycles. The van der Waals surface area contributed by atoms with Gasteiger partial charge in [-0.3, -0.25) is 0 Å². The molecular formula is C15H33N3O. The number of nitrogens with zero attached hydrogens (tertiary/aromatic N) is 1. The predicted octanol–water partition coefficient (Wildman–Crippen LogP) is 1.33. The van der Waals surface area contributed by atoms with E-state index in [1.54, 1.807) is 0 Å². The van der Waals surface area contributed by atoms with E-state index in [0.29, 0.717) is 18.6 Å². The second-order valence-electron chi connectivity index (χ2n) is 6.23. The summed E-state index contributed by atoms with van der Waals surface area (Å²) in [5.41, 5.74) is 6.15. The average molecular weight is 271 g/mol. The van der Waals surface area contributed by atoms with Gasteiger partial charge in [0, 0.05) is 37.3 Å². The van der Waals surface area contributed by atoms with Gasteiger partial charge in [0.05, 0.1) is 0 Å². The van der Waals surface area contributed by atoms with Gasteiger partial charge in [0.2, 0.25) is 0 Å². The van der Waals surface area contributed by atoms with Crippen LogP contribution in [0.3, 0.4) is 0 Å². The fourth-order valence-corrected chi connectivity index (χ4v) is 3.11. The van der Waals surface area contributed by atoms with Crippen LogP contribution in [-0.2, 0) is 0 Å². The molecule has 0 aromatic carbocycles. The maximum Gasteiger partial charge on any atom is 0.0445 e. The normalized spacial score (nSPS) is 27.5. The summed E-state index contributed by atoms with van der Waals surface area (Å²) < 4.78 is 0. The highest BCUT2D eigenvalue weighted by molar-refractivity contribution is 4.94. The molecule has 2 unspecified atom stereocenters. The molecule has 1 rings (SSSR count). The standard InChI is InChI=1S/C15H33N3O/c1-4-14(6-11-19)17-15(12-16)7-5-9-18(10-8-15)13(2)3/h13-14,17,19H,4-12,16H2,1-3H3. The maximum atomic E-state index is 9.14. The van der Waals surface area contributed by atoms with Gasteiger partial charge in [-0.2, -0.15) is 0 Å². The smallest absolute Gasteiger partial charge is 0.0445 e. The van der Waals surface area contributed by atoms with E-state index in [0.717, 1.165) is 32.2 Å². The summed E-state index contributed by atoms with van der Waals surface area (Å²) in [5, 5.41) is 12.9. The highest BCUT2D eigenvalue weighted by Crippen LogP contribution is 2.24. The lowest BCUT2D eigenvalue weighted by Crippen LogP contribution is -2.55. The summed E-state index contributed by atoms with van der Waals surface area (Å²) in [6.45, 7) is 9.96. The average Bonchev–Trinajstić information content (AvgIpc) is 2.61. The highest BCUT2D eigenvalue weighted by atomic mass is 16.3. The minimum Gasteiger partial charge on any atom is -0.396 e. The van der Waals surface area contributed by atoms with Gasteiger partial charge in [-0.1, -0.05) is 6.92 Å². The van der Waals surface area contributed by atoms with E-state index in [1.807, 2.05) is 0 Å². The summed E-state index contributed by atoms with van der Waals surface area (Å²) in [6.07, 6.45) is 5.35. The molecule has 0 saturated carbocycles. The zero-order chi connectivity index (χ0) is 14.3. The zero-order valence-electron chi connectivity index (χ0n) is 13.0. The van der Waals surface area contributed by atoms with Gasteiger partial charge < -0.3 is 21.1 Å². The molecule has 1 saturated heterocycles. The summed E-state index contributed by atoms with van der Waals surface area (Å²) in [5.74, 6) is 0. The fraction of sp³-hybridized carbons (Fsp3) is 1.00. The first-order chi connectivity index (χ1) is 9.06. The molecule has 0 amide bonds. The third-order valence-electron chi connectivity index (χ3n) is 4.58. The molecule has 0 aromatic rings. The zero-order valence-corrected chi connectivity index (χ0v) is 13.0. The number of aliphatic hydroxyl groups excluding tert-OH is 1. The van der Waals surface area contributed by atoms with Crippen molar-refractivity contribution in [2.45, 2.75) is 70.5 Å². The lowest BCUT2D eigenvalue weighted by Gasteiger charge is -2.37. The van der Waals surface area contributed by atoms with Crippen molar-refractivity contribution in [3.63, 3.8) is 0 Å². The summed E-state index contributed by atoms with van der Waals surface area (Å²) in [4.78, 5) is 2.55. The Kier molecular flexibility index (Phi) is 7.29. The Bertz CT molecular complexity index is 248. The monoisotopic (exact) mass is 271 g/mol. The number of nitrogens with two attached hydrogens (primary N) is 1. The molecule has 1 fully saturated rings. The Morgan fingerprint density at radius 1 is 1.32 bits per heavy atom. The molecule has 19 heavy (non-hydrogen) atoms. The van der Waals surface area contributed by atoms with Gasteiger partial charge in [0.25, 0.3) is 0 Å². The topological polar surface area (TPSA) is 61.5 Å². The van der Waals surface area contributed by atoms with Crippen molar-refractivity contribution in [3.05, 3.63) is 0 Å². The van der Waals surface area contributed by atoms with Crippen LogP contribution in [0.4, 0.5) is 0 Å². The van der Waals surface area contributed by atoms with Crippen molar-refractivity contribution in [2.24, 2.45) is 5.73 Å². The first-order valence-corrected chi connectivity index (χ1v) is 7.89. The third-order valence-corrected chi connectivity index (χ3v) is 4.58. The van der Waals surface area contributed by atoms with Gasteiger partial charge in [-0.25, -0.2) is 0 Å². The van der Waals surface area contributed by atoms with Crippen molar-refractivity contribution in [1.29, 1.82) is 0 Å². The first-order valence-electron chi connectivity index (χ1n) is 7.89. The lowest BCUT2D eigenvalue weighted by atomic mass is 9.89. The van der Waals surface area contributed by atoms with Crippen molar-refractivity contribution in [3.8, 4) is 0 Å². The van der Waals surface area contributed by atoms with E-state index < -0.39 is 0 Å². The summed E-state index contributed by atoms with van der Waals surface area (Å²) in [6, 6.07) is 1.01. The number of rotatable bonds is 7. The van der Waals surface area contributed by atoms with Gasteiger partial charge in [0.15, 0.2) is 0 Å². The molecule has 0 bridgehead atoms. The molecular weight excluding hydrogens is 238 g/mol. The predicted molar refractivity (Wildman–Crippen MR) is 81.3 cm³/mol. The second kappa shape index (κ2) is 8.20. The van der Waals surface area contributed by atoms with Crippen LogP contribution in [0, 0.1) is 0 Å². The van der Waals surface area contributed by atoms with Crippen LogP contribution >= 0.6 is 0 Å². The van der Waals surface area contributed by atoms with Crippen LogP contribution in [0.25, 0.3) is 0 Å². The van der Waals surface area contributed by atoms with Crippen LogP contribution in [0.15, 0.2) is 0 Å². The molecule has 114 valence electrons. The van der Waals surface area contributed by atoms with Crippen molar-refractivity contribution >= 4 is 0 Å². The van der Waals surface area contributed by atoms with Gasteiger partial charge in [-0.05, 0) is 52.5 Å². The Morgan fingerprint density at radius 3 is 2.58 bits per heavy atom. The van der Waals surface area contributed by atoms with Crippen LogP contribution in [0.2, 0.25) is 0 Å². The van der Waals surface area contributed by atoms with Gasteiger partial charge >= 0.3 is 0 Å². The Hall–Kier alpha value is -0.160. The van der Waals surface area contributed by atoms with Crippen LogP contribution < -0.4 is 11.1 Å². The SMILES string of the molecule is CCC(CCO)NC1(CN)CCCN(C(C)C)CC1. The molecule has 4 heteroatoms. The first kappa shape index (κ1) is 16.9. The third kappa shape index (κ3) is 5.03. The van der Waals surface area contributed by atoms with Crippen molar-refractivity contribution in [2.75, 3.05) is 26.2 Å². The Balaban J connectivity index is 2.63. The molecule has 2 atom stereocenters. The van der Waals surface area contributed by atoms with E-state index in [9.17, 15) is 0 Å². The van der Waals surface area contributed by atoms with E-state index in [4.69, 9.17) is 10.8 Å². The summed E-state index contributed by atoms with van der Waals surface area (Å²) >= 11 is 0. The van der Waals surface area contributed by atoms with E-state index in [2.05, 4.69) is 31.0 Å². The Morgan fingerprint density at radius 2 is 2.05 bits per heavy atom. The van der Waals surface area contributed by atoms with E-state index >= 15 is 0 Å². The maximum absolute atomic E-state index is 9.14. The number of aliphatic hydroxyl groups is 1. The fourth-order valence-electron chi connectivity index (χ4n) is 3.11. The molecule has 1 aliphatic heterocycles. The molecule has 1 heterocycles. The molecule has 0 radical (unpaired) electrons. The second-order valence-corrected chi connectivity index (χ2v) is 6.23. The molecule has 4 nitrogen and oxygen atoms in total.